The summed E-state index contributed by atoms with van der Waals surface area (Å²) in [6, 6.07) is 5.33. The van der Waals surface area contributed by atoms with Crippen molar-refractivity contribution in [3.8, 4) is 0 Å². The fourth-order valence-corrected chi connectivity index (χ4v) is 4.47. The van der Waals surface area contributed by atoms with E-state index in [-0.39, 0.29) is 25.0 Å². The van der Waals surface area contributed by atoms with Gasteiger partial charge in [0.25, 0.3) is 0 Å². The number of likely N-dealkylation sites (tertiary alicyclic amines) is 1. The summed E-state index contributed by atoms with van der Waals surface area (Å²) < 4.78 is 32.4. The number of ether oxygens (including phenoxy) is 1. The maximum atomic E-state index is 13.3. The molecule has 8 heteroatoms. The SMILES string of the molecule is Cc1cc(CN2CC[C@@H]3[C@@H](CO[C@H]3CC(=O)NCc3cc(F)cc(F)c3)C2)n[nH]1. The number of piperidine rings is 1. The van der Waals surface area contributed by atoms with Crippen LogP contribution < -0.4 is 5.32 Å². The molecule has 2 fully saturated rings. The summed E-state index contributed by atoms with van der Waals surface area (Å²) in [4.78, 5) is 14.7. The molecule has 1 amide bonds. The largest absolute Gasteiger partial charge is 0.377 e. The Bertz CT molecular complexity index is 852. The lowest BCUT2D eigenvalue weighted by atomic mass is 9.83. The number of benzene rings is 1. The number of rotatable bonds is 6. The maximum Gasteiger partial charge on any atom is 0.222 e. The number of fused-ring (bicyclic) bond motifs is 1. The van der Waals surface area contributed by atoms with Crippen LogP contribution >= 0.6 is 0 Å². The van der Waals surface area contributed by atoms with Crippen LogP contribution in [-0.2, 0) is 22.6 Å². The fraction of sp³-hybridized carbons (Fsp3) is 0.524. The molecule has 2 aromatic rings. The number of halogens is 2. The van der Waals surface area contributed by atoms with Gasteiger partial charge in [-0.15, -0.1) is 0 Å². The Morgan fingerprint density at radius 2 is 2.10 bits per heavy atom. The zero-order valence-corrected chi connectivity index (χ0v) is 16.5. The second kappa shape index (κ2) is 8.59. The van der Waals surface area contributed by atoms with Crippen LogP contribution in [0.3, 0.4) is 0 Å². The molecule has 6 nitrogen and oxygen atoms in total. The van der Waals surface area contributed by atoms with Gasteiger partial charge in [-0.2, -0.15) is 5.10 Å². The first-order valence-corrected chi connectivity index (χ1v) is 10.0. The molecule has 156 valence electrons. The zero-order chi connectivity index (χ0) is 20.4. The lowest BCUT2D eigenvalue weighted by Gasteiger charge is -2.35. The number of hydrogen-bond acceptors (Lipinski definition) is 4. The van der Waals surface area contributed by atoms with E-state index in [1.807, 2.05) is 6.92 Å². The summed E-state index contributed by atoms with van der Waals surface area (Å²) in [5, 5.41) is 10.0. The summed E-state index contributed by atoms with van der Waals surface area (Å²) in [6.45, 7) is 5.48. The van der Waals surface area contributed by atoms with E-state index in [0.29, 0.717) is 24.0 Å². The predicted molar refractivity (Wildman–Crippen MR) is 103 cm³/mol. The molecule has 0 saturated carbocycles. The van der Waals surface area contributed by atoms with Gasteiger partial charge in [0.15, 0.2) is 0 Å². The molecule has 3 heterocycles. The van der Waals surface area contributed by atoms with Crippen molar-refractivity contribution in [3.63, 3.8) is 0 Å². The Balaban J connectivity index is 1.25. The van der Waals surface area contributed by atoms with Gasteiger partial charge in [-0.3, -0.25) is 14.8 Å². The lowest BCUT2D eigenvalue weighted by molar-refractivity contribution is -0.124. The molecule has 0 aliphatic carbocycles. The first kappa shape index (κ1) is 20.0. The van der Waals surface area contributed by atoms with Gasteiger partial charge in [0.05, 0.1) is 24.8 Å². The number of aromatic nitrogens is 2. The van der Waals surface area contributed by atoms with Crippen molar-refractivity contribution in [3.05, 3.63) is 52.9 Å². The van der Waals surface area contributed by atoms with Crippen molar-refractivity contribution in [2.24, 2.45) is 11.8 Å². The Hall–Kier alpha value is -2.32. The molecule has 0 spiro atoms. The summed E-state index contributed by atoms with van der Waals surface area (Å²) in [5.41, 5.74) is 2.51. The molecule has 2 N–H and O–H groups in total. The molecule has 3 atom stereocenters. The number of carbonyl (C=O) groups excluding carboxylic acids is 1. The van der Waals surface area contributed by atoms with Gasteiger partial charge in [0.1, 0.15) is 11.6 Å². The quantitative estimate of drug-likeness (QED) is 0.776. The van der Waals surface area contributed by atoms with Crippen LogP contribution in [0, 0.1) is 30.4 Å². The monoisotopic (exact) mass is 404 g/mol. The number of aryl methyl sites for hydroxylation is 1. The van der Waals surface area contributed by atoms with Crippen LogP contribution in [0.4, 0.5) is 8.78 Å². The van der Waals surface area contributed by atoms with E-state index < -0.39 is 11.6 Å². The fourth-order valence-electron chi connectivity index (χ4n) is 4.47. The third-order valence-corrected chi connectivity index (χ3v) is 5.82. The topological polar surface area (TPSA) is 70.2 Å². The van der Waals surface area contributed by atoms with Gasteiger partial charge >= 0.3 is 0 Å². The minimum Gasteiger partial charge on any atom is -0.377 e. The van der Waals surface area contributed by atoms with Crippen molar-refractivity contribution >= 4 is 5.91 Å². The van der Waals surface area contributed by atoms with Gasteiger partial charge in [-0.25, -0.2) is 8.78 Å². The Kier molecular flexibility index (Phi) is 5.91. The minimum atomic E-state index is -0.645. The summed E-state index contributed by atoms with van der Waals surface area (Å²) in [5.74, 6) is -0.667. The van der Waals surface area contributed by atoms with Gasteiger partial charge < -0.3 is 10.1 Å². The van der Waals surface area contributed by atoms with Crippen molar-refractivity contribution in [1.82, 2.24) is 20.4 Å². The molecule has 0 bridgehead atoms. The Morgan fingerprint density at radius 3 is 2.83 bits per heavy atom. The molecular formula is C21H26F2N4O2. The van der Waals surface area contributed by atoms with Gasteiger partial charge in [-0.05, 0) is 49.6 Å². The number of nitrogens with zero attached hydrogens (tertiary/aromatic N) is 2. The number of amides is 1. The minimum absolute atomic E-state index is 0.0981. The summed E-state index contributed by atoms with van der Waals surface area (Å²) in [6.07, 6.45) is 1.16. The molecule has 2 saturated heterocycles. The third-order valence-electron chi connectivity index (χ3n) is 5.82. The number of H-pyrrole nitrogens is 1. The smallest absolute Gasteiger partial charge is 0.222 e. The second-order valence-electron chi connectivity index (χ2n) is 8.12. The molecule has 0 unspecified atom stereocenters. The zero-order valence-electron chi connectivity index (χ0n) is 16.5. The van der Waals surface area contributed by atoms with E-state index >= 15 is 0 Å². The first-order valence-electron chi connectivity index (χ1n) is 10.0. The molecular weight excluding hydrogens is 378 g/mol. The number of hydrogen-bond donors (Lipinski definition) is 2. The first-order chi connectivity index (χ1) is 14.0. The highest BCUT2D eigenvalue weighted by Crippen LogP contribution is 2.36. The number of carbonyl (C=O) groups is 1. The third kappa shape index (κ3) is 5.00. The molecule has 2 aliphatic heterocycles. The highest BCUT2D eigenvalue weighted by Gasteiger charge is 2.41. The molecule has 2 aliphatic rings. The van der Waals surface area contributed by atoms with Crippen molar-refractivity contribution in [1.29, 1.82) is 0 Å². The van der Waals surface area contributed by atoms with Crippen LogP contribution in [0.25, 0.3) is 0 Å². The van der Waals surface area contributed by atoms with Crippen LogP contribution in [0.5, 0.6) is 0 Å². The van der Waals surface area contributed by atoms with E-state index in [9.17, 15) is 13.6 Å². The van der Waals surface area contributed by atoms with Crippen LogP contribution in [0.2, 0.25) is 0 Å². The summed E-state index contributed by atoms with van der Waals surface area (Å²) >= 11 is 0. The maximum absolute atomic E-state index is 13.3. The molecule has 29 heavy (non-hydrogen) atoms. The molecule has 0 radical (unpaired) electrons. The van der Waals surface area contributed by atoms with Crippen molar-refractivity contribution < 1.29 is 18.3 Å². The molecule has 1 aromatic heterocycles. The van der Waals surface area contributed by atoms with Crippen LogP contribution in [0.1, 0.15) is 29.8 Å². The summed E-state index contributed by atoms with van der Waals surface area (Å²) in [7, 11) is 0. The average molecular weight is 404 g/mol. The van der Waals surface area contributed by atoms with Crippen molar-refractivity contribution in [2.45, 2.75) is 39.0 Å². The van der Waals surface area contributed by atoms with Crippen LogP contribution in [0.15, 0.2) is 24.3 Å². The number of nitrogens with one attached hydrogen (secondary N) is 2. The van der Waals surface area contributed by atoms with Crippen LogP contribution in [-0.4, -0.2) is 46.8 Å². The Labute approximate surface area is 168 Å². The molecule has 4 rings (SSSR count). The predicted octanol–water partition coefficient (Wildman–Crippen LogP) is 2.54. The highest BCUT2D eigenvalue weighted by molar-refractivity contribution is 5.76. The molecule has 1 aromatic carbocycles. The van der Waals surface area contributed by atoms with Gasteiger partial charge in [0, 0.05) is 37.3 Å². The normalized spacial score (nSPS) is 24.4. The van der Waals surface area contributed by atoms with Gasteiger partial charge in [-0.1, -0.05) is 0 Å². The van der Waals surface area contributed by atoms with E-state index in [4.69, 9.17) is 4.74 Å². The second-order valence-corrected chi connectivity index (χ2v) is 8.12. The van der Waals surface area contributed by atoms with E-state index in [1.54, 1.807) is 0 Å². The van der Waals surface area contributed by atoms with E-state index in [2.05, 4.69) is 26.5 Å². The number of aromatic amines is 1. The van der Waals surface area contributed by atoms with Gasteiger partial charge in [0.2, 0.25) is 5.91 Å². The van der Waals surface area contributed by atoms with Crippen molar-refractivity contribution in [2.75, 3.05) is 19.7 Å². The Morgan fingerprint density at radius 1 is 1.31 bits per heavy atom. The standard InChI is InChI=1S/C21H26F2N4O2/c1-13-4-18(26-25-13)11-27-3-2-19-15(10-27)12-29-20(19)8-21(28)24-9-14-5-16(22)7-17(23)6-14/h4-7,15,19-20H,2-3,8-12H2,1H3,(H,24,28)(H,25,26)/t15-,19-,20+/m1/s1. The van der Waals surface area contributed by atoms with E-state index in [1.165, 1.54) is 12.1 Å². The van der Waals surface area contributed by atoms with E-state index in [0.717, 1.165) is 43.5 Å². The highest BCUT2D eigenvalue weighted by atomic mass is 19.1. The lowest BCUT2D eigenvalue weighted by Crippen LogP contribution is -2.42. The average Bonchev–Trinajstić information content (AvgIpc) is 3.25.